The van der Waals surface area contributed by atoms with Gasteiger partial charge in [0.2, 0.25) is 0 Å². The Morgan fingerprint density at radius 3 is 2.60 bits per heavy atom. The zero-order valence-electron chi connectivity index (χ0n) is 12.0. The third-order valence-corrected chi connectivity index (χ3v) is 2.45. The molecule has 0 aliphatic rings. The van der Waals surface area contributed by atoms with Crippen LogP contribution in [0.2, 0.25) is 0 Å². The molecule has 1 aromatic carbocycles. The molecule has 1 amide bonds. The number of benzene rings is 1. The molecule has 0 fully saturated rings. The summed E-state index contributed by atoms with van der Waals surface area (Å²) in [5, 5.41) is 21.3. The average molecular weight is 282 g/mol. The maximum Gasteiger partial charge on any atom is 0.412 e. The van der Waals surface area contributed by atoms with Gasteiger partial charge in [0.25, 0.3) is 0 Å². The van der Waals surface area contributed by atoms with E-state index in [2.05, 4.69) is 5.32 Å². The summed E-state index contributed by atoms with van der Waals surface area (Å²) in [6.07, 6.45) is -0.230. The molecule has 0 aliphatic heterocycles. The number of hydrogen-bond acceptors (Lipinski definition) is 5. The van der Waals surface area contributed by atoms with Gasteiger partial charge < -0.3 is 20.7 Å². The number of ether oxygens (including phenoxy) is 1. The van der Waals surface area contributed by atoms with Crippen molar-refractivity contribution < 1.29 is 19.7 Å². The lowest BCUT2D eigenvalue weighted by molar-refractivity contribution is 0.0636. The van der Waals surface area contributed by atoms with Crippen molar-refractivity contribution in [1.29, 1.82) is 0 Å². The topological polar surface area (TPSA) is 105 Å². The maximum atomic E-state index is 11.6. The van der Waals surface area contributed by atoms with Crippen molar-refractivity contribution in [3.63, 3.8) is 0 Å². The van der Waals surface area contributed by atoms with Crippen LogP contribution in [0.5, 0.6) is 5.75 Å². The number of nitrogens with one attached hydrogen (secondary N) is 1. The molecular formula is C14H22N2O4. The summed E-state index contributed by atoms with van der Waals surface area (Å²) >= 11 is 0. The number of aliphatic hydroxyl groups excluding tert-OH is 1. The van der Waals surface area contributed by atoms with E-state index in [1.165, 1.54) is 6.07 Å². The highest BCUT2D eigenvalue weighted by Crippen LogP contribution is 2.23. The molecule has 0 saturated heterocycles. The van der Waals surface area contributed by atoms with Crippen LogP contribution in [-0.4, -0.2) is 34.6 Å². The number of aliphatic hydroxyl groups is 1. The van der Waals surface area contributed by atoms with Gasteiger partial charge >= 0.3 is 6.09 Å². The molecule has 0 aliphatic carbocycles. The summed E-state index contributed by atoms with van der Waals surface area (Å²) in [4.78, 5) is 11.6. The molecule has 5 N–H and O–H groups in total. The minimum Gasteiger partial charge on any atom is -0.508 e. The third-order valence-electron chi connectivity index (χ3n) is 2.45. The minimum absolute atomic E-state index is 0.0162. The largest absolute Gasteiger partial charge is 0.508 e. The van der Waals surface area contributed by atoms with Gasteiger partial charge in [-0.25, -0.2) is 4.79 Å². The number of carbonyl (C=O) groups excluding carboxylic acids is 1. The summed E-state index contributed by atoms with van der Waals surface area (Å²) in [5.74, 6) is 0.0162. The number of anilines is 1. The first-order chi connectivity index (χ1) is 9.21. The van der Waals surface area contributed by atoms with Crippen molar-refractivity contribution in [1.82, 2.24) is 0 Å². The Kier molecular flexibility index (Phi) is 5.35. The Morgan fingerprint density at radius 2 is 2.10 bits per heavy atom. The Hall–Kier alpha value is -1.79. The van der Waals surface area contributed by atoms with E-state index in [4.69, 9.17) is 15.6 Å². The number of carbonyl (C=O) groups is 1. The van der Waals surface area contributed by atoms with E-state index in [0.29, 0.717) is 17.7 Å². The normalized spacial score (nSPS) is 12.8. The first-order valence-corrected chi connectivity index (χ1v) is 6.39. The van der Waals surface area contributed by atoms with E-state index in [1.807, 2.05) is 0 Å². The summed E-state index contributed by atoms with van der Waals surface area (Å²) in [6.45, 7) is 5.15. The van der Waals surface area contributed by atoms with Gasteiger partial charge in [-0.15, -0.1) is 0 Å². The highest BCUT2D eigenvalue weighted by molar-refractivity contribution is 5.85. The fourth-order valence-corrected chi connectivity index (χ4v) is 1.58. The third kappa shape index (κ3) is 5.46. The first kappa shape index (κ1) is 16.3. The van der Waals surface area contributed by atoms with Crippen molar-refractivity contribution in [2.75, 3.05) is 11.9 Å². The highest BCUT2D eigenvalue weighted by atomic mass is 16.6. The Morgan fingerprint density at radius 1 is 1.45 bits per heavy atom. The lowest BCUT2D eigenvalue weighted by Gasteiger charge is -2.20. The molecule has 0 radical (unpaired) electrons. The van der Waals surface area contributed by atoms with Crippen LogP contribution in [-0.2, 0) is 11.2 Å². The molecule has 20 heavy (non-hydrogen) atoms. The van der Waals surface area contributed by atoms with Crippen LogP contribution in [0.1, 0.15) is 26.3 Å². The van der Waals surface area contributed by atoms with Gasteiger partial charge in [-0.2, -0.15) is 0 Å². The molecule has 0 heterocycles. The van der Waals surface area contributed by atoms with Gasteiger partial charge in [-0.05, 0) is 38.8 Å². The second kappa shape index (κ2) is 6.58. The zero-order chi connectivity index (χ0) is 15.3. The average Bonchev–Trinajstić information content (AvgIpc) is 2.29. The molecule has 6 heteroatoms. The van der Waals surface area contributed by atoms with E-state index in [9.17, 15) is 9.90 Å². The summed E-state index contributed by atoms with van der Waals surface area (Å²) in [5.41, 5.74) is 6.07. The van der Waals surface area contributed by atoms with Gasteiger partial charge in [0, 0.05) is 17.8 Å². The molecule has 0 bridgehead atoms. The standard InChI is InChI=1S/C14H22N2O4/c1-14(2,3)20-13(19)16-11-5-4-9(12(18)7-11)6-10(15)8-17/h4-5,7,10,17-18H,6,8,15H2,1-3H3,(H,16,19). The second-order valence-corrected chi connectivity index (χ2v) is 5.62. The van der Waals surface area contributed by atoms with E-state index in [1.54, 1.807) is 32.9 Å². The number of phenols is 1. The SMILES string of the molecule is CC(C)(C)OC(=O)Nc1ccc(CC(N)CO)c(O)c1. The van der Waals surface area contributed by atoms with Crippen molar-refractivity contribution in [3.05, 3.63) is 23.8 Å². The number of nitrogens with two attached hydrogens (primary N) is 1. The van der Waals surface area contributed by atoms with Crippen LogP contribution in [0, 0.1) is 0 Å². The lowest BCUT2D eigenvalue weighted by Crippen LogP contribution is -2.27. The number of rotatable bonds is 4. The summed E-state index contributed by atoms with van der Waals surface area (Å²) < 4.78 is 5.11. The monoisotopic (exact) mass is 282 g/mol. The van der Waals surface area contributed by atoms with Crippen LogP contribution < -0.4 is 11.1 Å². The smallest absolute Gasteiger partial charge is 0.412 e. The highest BCUT2D eigenvalue weighted by Gasteiger charge is 2.16. The van der Waals surface area contributed by atoms with E-state index >= 15 is 0 Å². The fraction of sp³-hybridized carbons (Fsp3) is 0.500. The van der Waals surface area contributed by atoms with Crippen LogP contribution in [0.15, 0.2) is 18.2 Å². The lowest BCUT2D eigenvalue weighted by atomic mass is 10.1. The Labute approximate surface area is 118 Å². The fourth-order valence-electron chi connectivity index (χ4n) is 1.58. The van der Waals surface area contributed by atoms with Crippen molar-refractivity contribution in [2.24, 2.45) is 5.73 Å². The number of hydrogen-bond donors (Lipinski definition) is 4. The van der Waals surface area contributed by atoms with Crippen molar-refractivity contribution >= 4 is 11.8 Å². The van der Waals surface area contributed by atoms with E-state index < -0.39 is 17.7 Å². The summed E-state index contributed by atoms with van der Waals surface area (Å²) in [6, 6.07) is 4.29. The van der Waals surface area contributed by atoms with Crippen LogP contribution >= 0.6 is 0 Å². The Balaban J connectivity index is 2.70. The first-order valence-electron chi connectivity index (χ1n) is 6.39. The quantitative estimate of drug-likeness (QED) is 0.671. The molecule has 112 valence electrons. The number of phenolic OH excluding ortho intramolecular Hbond substituents is 1. The molecule has 1 atom stereocenters. The molecule has 6 nitrogen and oxygen atoms in total. The van der Waals surface area contributed by atoms with Gasteiger partial charge in [0.15, 0.2) is 0 Å². The van der Waals surface area contributed by atoms with Crippen molar-refractivity contribution in [2.45, 2.75) is 38.8 Å². The van der Waals surface area contributed by atoms with Gasteiger partial charge in [-0.3, -0.25) is 5.32 Å². The number of aromatic hydroxyl groups is 1. The Bertz CT molecular complexity index is 469. The van der Waals surface area contributed by atoms with Gasteiger partial charge in [-0.1, -0.05) is 6.07 Å². The maximum absolute atomic E-state index is 11.6. The van der Waals surface area contributed by atoms with Gasteiger partial charge in [0.1, 0.15) is 11.4 Å². The zero-order valence-corrected chi connectivity index (χ0v) is 12.0. The van der Waals surface area contributed by atoms with Crippen LogP contribution in [0.4, 0.5) is 10.5 Å². The predicted molar refractivity (Wildman–Crippen MR) is 76.7 cm³/mol. The van der Waals surface area contributed by atoms with Crippen LogP contribution in [0.3, 0.4) is 0 Å². The molecule has 1 unspecified atom stereocenters. The number of amides is 1. The van der Waals surface area contributed by atoms with Crippen molar-refractivity contribution in [3.8, 4) is 5.75 Å². The molecular weight excluding hydrogens is 260 g/mol. The second-order valence-electron chi connectivity index (χ2n) is 5.62. The van der Waals surface area contributed by atoms with Crippen LogP contribution in [0.25, 0.3) is 0 Å². The van der Waals surface area contributed by atoms with E-state index in [-0.39, 0.29) is 12.4 Å². The predicted octanol–water partition coefficient (Wildman–Crippen LogP) is 1.60. The molecule has 1 rings (SSSR count). The van der Waals surface area contributed by atoms with Gasteiger partial charge in [0.05, 0.1) is 6.61 Å². The van der Waals surface area contributed by atoms with E-state index in [0.717, 1.165) is 0 Å². The molecule has 0 saturated carbocycles. The molecule has 0 spiro atoms. The summed E-state index contributed by atoms with van der Waals surface area (Å²) in [7, 11) is 0. The molecule has 1 aromatic rings. The minimum atomic E-state index is -0.586. The molecule has 0 aromatic heterocycles.